The fraction of sp³-hybridized carbons (Fsp3) is 0.318. The van der Waals surface area contributed by atoms with Gasteiger partial charge in [0.1, 0.15) is 10.6 Å². The van der Waals surface area contributed by atoms with Crippen LogP contribution in [-0.4, -0.2) is 59.2 Å². The maximum absolute atomic E-state index is 13.1. The number of phenols is 1. The maximum Gasteiger partial charge on any atom is 1.00 e. The van der Waals surface area contributed by atoms with Gasteiger partial charge in [-0.25, -0.2) is 13.1 Å². The summed E-state index contributed by atoms with van der Waals surface area (Å²) in [7, 11) is -7.92. The molecule has 0 radical (unpaired) electrons. The van der Waals surface area contributed by atoms with Gasteiger partial charge in [-0.3, -0.25) is 4.72 Å². The SMILES string of the molecule is CN(C)S(=O)(=O)Nc1cccc2c(O)c(S(=O)(=O)NC(C)(C)C)cc(N=NC3=CCC(=S(=O)=O)C=C3)c12.[H-].[Na+]. The Kier molecular flexibility index (Phi) is 10.1. The third kappa shape index (κ3) is 7.51. The molecule has 1 aliphatic rings. The molecular formula is C22H28N5NaO7S3. The predicted octanol–water partition coefficient (Wildman–Crippen LogP) is -0.0640. The summed E-state index contributed by atoms with van der Waals surface area (Å²) in [6, 6.07) is 5.42. The minimum absolute atomic E-state index is 0. The van der Waals surface area contributed by atoms with Crippen LogP contribution in [0.5, 0.6) is 5.75 Å². The van der Waals surface area contributed by atoms with Gasteiger partial charge in [-0.15, -0.1) is 5.11 Å². The summed E-state index contributed by atoms with van der Waals surface area (Å²) in [6.07, 6.45) is 4.41. The molecule has 2 aromatic rings. The molecule has 16 heteroatoms. The van der Waals surface area contributed by atoms with Crippen LogP contribution in [0.15, 0.2) is 63.3 Å². The zero-order chi connectivity index (χ0) is 27.8. The van der Waals surface area contributed by atoms with Crippen molar-refractivity contribution >= 4 is 57.5 Å². The standard InChI is InChI=1S/C22H27N5O7S3.Na.H/c1-22(2,3)26-36(31,32)19-13-18(24-23-14-9-11-15(12-10-14)35(29)30)20-16(21(19)28)7-6-8-17(20)25-37(33,34)27(4)5;;/h6-11,13,25-26,28H,12H2,1-5H3;;/q;+1;-1. The van der Waals surface area contributed by atoms with E-state index in [1.807, 2.05) is 0 Å². The molecule has 0 aliphatic heterocycles. The molecule has 0 atom stereocenters. The third-order valence-corrected chi connectivity index (χ3v) is 8.91. The van der Waals surface area contributed by atoms with Crippen LogP contribution in [-0.2, 0) is 30.5 Å². The van der Waals surface area contributed by atoms with Crippen molar-refractivity contribution in [3.8, 4) is 5.75 Å². The van der Waals surface area contributed by atoms with Crippen molar-refractivity contribution in [1.82, 2.24) is 9.03 Å². The number of aromatic hydroxyl groups is 1. The number of nitrogens with one attached hydrogen (secondary N) is 2. The second-order valence-electron chi connectivity index (χ2n) is 9.28. The number of fused-ring (bicyclic) bond motifs is 1. The number of allylic oxidation sites excluding steroid dienone is 3. The van der Waals surface area contributed by atoms with Gasteiger partial charge < -0.3 is 6.53 Å². The van der Waals surface area contributed by atoms with E-state index in [0.29, 0.717) is 5.70 Å². The number of hydrogen-bond donors (Lipinski definition) is 3. The summed E-state index contributed by atoms with van der Waals surface area (Å²) in [6.45, 7) is 4.92. The van der Waals surface area contributed by atoms with Crippen LogP contribution in [0.3, 0.4) is 0 Å². The van der Waals surface area contributed by atoms with Gasteiger partial charge in [0.25, 0.3) is 0 Å². The Morgan fingerprint density at radius 3 is 2.26 bits per heavy atom. The normalized spacial score (nSPS) is 14.6. The molecule has 0 aromatic heterocycles. The molecule has 3 rings (SSSR count). The van der Waals surface area contributed by atoms with Crippen LogP contribution >= 0.6 is 0 Å². The van der Waals surface area contributed by atoms with Crippen molar-refractivity contribution in [2.45, 2.75) is 37.6 Å². The van der Waals surface area contributed by atoms with Crippen molar-refractivity contribution < 1.29 is 61.3 Å². The average molecular weight is 594 g/mol. The molecule has 38 heavy (non-hydrogen) atoms. The molecule has 0 heterocycles. The van der Waals surface area contributed by atoms with Gasteiger partial charge in [-0.1, -0.05) is 18.2 Å². The van der Waals surface area contributed by atoms with E-state index < -0.39 is 46.7 Å². The van der Waals surface area contributed by atoms with Crippen molar-refractivity contribution in [2.24, 2.45) is 10.2 Å². The number of benzene rings is 2. The molecule has 3 N–H and O–H groups in total. The first kappa shape index (κ1) is 32.1. The molecule has 0 amide bonds. The number of azo groups is 1. The van der Waals surface area contributed by atoms with Crippen LogP contribution in [0.1, 0.15) is 28.6 Å². The van der Waals surface area contributed by atoms with E-state index in [0.717, 1.165) is 10.4 Å². The zero-order valence-electron chi connectivity index (χ0n) is 22.7. The Bertz CT molecular complexity index is 1700. The van der Waals surface area contributed by atoms with Gasteiger partial charge in [-0.2, -0.15) is 26.3 Å². The van der Waals surface area contributed by atoms with Gasteiger partial charge in [-0.05, 0) is 45.1 Å². The average Bonchev–Trinajstić information content (AvgIpc) is 2.77. The molecule has 202 valence electrons. The van der Waals surface area contributed by atoms with E-state index in [1.165, 1.54) is 50.5 Å². The Morgan fingerprint density at radius 1 is 1.08 bits per heavy atom. The Balaban J connectivity index is 0.00000380. The van der Waals surface area contributed by atoms with E-state index in [9.17, 15) is 30.4 Å². The Hall–Kier alpha value is -2.11. The Labute approximate surface area is 247 Å². The first-order valence-corrected chi connectivity index (χ1v) is 14.8. The summed E-state index contributed by atoms with van der Waals surface area (Å²) in [5, 5.41) is 19.4. The van der Waals surface area contributed by atoms with Crippen LogP contribution in [0.4, 0.5) is 11.4 Å². The first-order valence-electron chi connectivity index (χ1n) is 10.8. The molecule has 0 bridgehead atoms. The minimum atomic E-state index is -4.23. The van der Waals surface area contributed by atoms with E-state index in [1.54, 1.807) is 20.8 Å². The van der Waals surface area contributed by atoms with Crippen molar-refractivity contribution in [2.75, 3.05) is 18.8 Å². The minimum Gasteiger partial charge on any atom is -1.00 e. The van der Waals surface area contributed by atoms with E-state index in [4.69, 9.17) is 0 Å². The summed E-state index contributed by atoms with van der Waals surface area (Å²) in [5.74, 6) is -0.592. The first-order chi connectivity index (χ1) is 17.0. The molecule has 12 nitrogen and oxygen atoms in total. The molecule has 0 spiro atoms. The van der Waals surface area contributed by atoms with Gasteiger partial charge in [0.05, 0.1) is 21.9 Å². The topological polar surface area (TPSA) is 175 Å². The second-order valence-corrected chi connectivity index (χ2v) is 13.8. The smallest absolute Gasteiger partial charge is 1.00 e. The summed E-state index contributed by atoms with van der Waals surface area (Å²) >= 11 is 0. The zero-order valence-corrected chi connectivity index (χ0v) is 26.2. The van der Waals surface area contributed by atoms with Crippen LogP contribution in [0.2, 0.25) is 0 Å². The van der Waals surface area contributed by atoms with Crippen molar-refractivity contribution in [1.29, 1.82) is 0 Å². The molecule has 0 saturated heterocycles. The number of nitrogens with zero attached hydrogens (tertiary/aromatic N) is 3. The number of phenolic OH excluding ortho intramolecular Hbond substituents is 1. The van der Waals surface area contributed by atoms with Crippen molar-refractivity contribution in [3.63, 3.8) is 0 Å². The number of sulfonamides is 1. The largest absolute Gasteiger partial charge is 1.00 e. The third-order valence-electron chi connectivity index (χ3n) is 4.97. The second kappa shape index (κ2) is 12.0. The van der Waals surface area contributed by atoms with E-state index in [-0.39, 0.29) is 64.4 Å². The maximum atomic E-state index is 13.1. The summed E-state index contributed by atoms with van der Waals surface area (Å²) in [4.78, 5) is -0.307. The quantitative estimate of drug-likeness (QED) is 0.229. The van der Waals surface area contributed by atoms with Crippen molar-refractivity contribution in [3.05, 3.63) is 48.2 Å². The van der Waals surface area contributed by atoms with Crippen LogP contribution < -0.4 is 39.0 Å². The predicted molar refractivity (Wildman–Crippen MR) is 143 cm³/mol. The summed E-state index contributed by atoms with van der Waals surface area (Å²) < 4.78 is 79.4. The molecule has 0 saturated carbocycles. The fourth-order valence-corrected chi connectivity index (χ4v) is 5.89. The van der Waals surface area contributed by atoms with Gasteiger partial charge >= 0.3 is 39.8 Å². The van der Waals surface area contributed by atoms with E-state index >= 15 is 0 Å². The van der Waals surface area contributed by atoms with Gasteiger partial charge in [0, 0.05) is 36.8 Å². The number of rotatable bonds is 7. The molecule has 2 aromatic carbocycles. The monoisotopic (exact) mass is 593 g/mol. The fourth-order valence-electron chi connectivity index (χ4n) is 3.31. The van der Waals surface area contributed by atoms with Gasteiger partial charge in [0.15, 0.2) is 0 Å². The van der Waals surface area contributed by atoms with E-state index in [2.05, 4.69) is 19.7 Å². The number of hydrogen-bond acceptors (Lipinski definition) is 9. The molecule has 0 fully saturated rings. The Morgan fingerprint density at radius 2 is 1.74 bits per heavy atom. The van der Waals surface area contributed by atoms with Gasteiger partial charge in [0.2, 0.25) is 20.3 Å². The molecular weight excluding hydrogens is 565 g/mol. The number of anilines is 1. The van der Waals surface area contributed by atoms with Crippen LogP contribution in [0.25, 0.3) is 10.8 Å². The van der Waals surface area contributed by atoms with Crippen LogP contribution in [0, 0.1) is 0 Å². The molecule has 0 unspecified atom stereocenters. The molecule has 1 aliphatic carbocycles. The summed E-state index contributed by atoms with van der Waals surface area (Å²) in [5.41, 5.74) is -0.568.